The van der Waals surface area contributed by atoms with Crippen molar-refractivity contribution in [3.63, 3.8) is 0 Å². The number of carbonyl (C=O) groups excluding carboxylic acids is 1. The summed E-state index contributed by atoms with van der Waals surface area (Å²) in [5, 5.41) is 5.94. The van der Waals surface area contributed by atoms with E-state index in [1.807, 2.05) is 6.92 Å². The lowest BCUT2D eigenvalue weighted by molar-refractivity contribution is -0.116. The summed E-state index contributed by atoms with van der Waals surface area (Å²) in [5.41, 5.74) is 6.55. The molecular formula is C16H29ClN4O3S. The molecule has 1 aromatic carbocycles. The fourth-order valence-electron chi connectivity index (χ4n) is 2.26. The molecule has 7 nitrogen and oxygen atoms in total. The standard InChI is InChI=1S/C16H28N4O3S.ClH/c1-4-11-18-14-8-7-13(24(22,23)20(5-2)6-3)12-15(14)19-16(21)9-10-17;/h7-8,12,18H,4-6,9-11,17H2,1-3H3,(H,19,21);1H. The lowest BCUT2D eigenvalue weighted by Gasteiger charge is -2.20. The van der Waals surface area contributed by atoms with E-state index in [1.54, 1.807) is 26.0 Å². The van der Waals surface area contributed by atoms with Gasteiger partial charge in [0.1, 0.15) is 0 Å². The van der Waals surface area contributed by atoms with E-state index in [0.29, 0.717) is 24.5 Å². The van der Waals surface area contributed by atoms with Crippen molar-refractivity contribution in [3.05, 3.63) is 18.2 Å². The smallest absolute Gasteiger partial charge is 0.243 e. The summed E-state index contributed by atoms with van der Waals surface area (Å²) < 4.78 is 26.7. The summed E-state index contributed by atoms with van der Waals surface area (Å²) in [6.07, 6.45) is 1.09. The van der Waals surface area contributed by atoms with Gasteiger partial charge in [-0.2, -0.15) is 4.31 Å². The lowest BCUT2D eigenvalue weighted by Crippen LogP contribution is -2.30. The number of nitrogens with zero attached hydrogens (tertiary/aromatic N) is 1. The predicted molar refractivity (Wildman–Crippen MR) is 105 cm³/mol. The molecule has 0 aliphatic carbocycles. The predicted octanol–water partition coefficient (Wildman–Crippen LogP) is 2.25. The van der Waals surface area contributed by atoms with Crippen molar-refractivity contribution in [1.29, 1.82) is 0 Å². The Labute approximate surface area is 156 Å². The van der Waals surface area contributed by atoms with Gasteiger partial charge >= 0.3 is 0 Å². The van der Waals surface area contributed by atoms with Gasteiger partial charge in [-0.25, -0.2) is 8.42 Å². The number of sulfonamides is 1. The highest BCUT2D eigenvalue weighted by atomic mass is 35.5. The molecule has 1 aromatic rings. The Morgan fingerprint density at radius 3 is 2.32 bits per heavy atom. The van der Waals surface area contributed by atoms with Crippen molar-refractivity contribution in [2.45, 2.75) is 38.5 Å². The van der Waals surface area contributed by atoms with Gasteiger partial charge in [-0.15, -0.1) is 12.4 Å². The molecule has 0 saturated carbocycles. The molecule has 0 radical (unpaired) electrons. The zero-order valence-electron chi connectivity index (χ0n) is 15.0. The van der Waals surface area contributed by atoms with Crippen LogP contribution in [0.5, 0.6) is 0 Å². The van der Waals surface area contributed by atoms with Crippen LogP contribution >= 0.6 is 12.4 Å². The topological polar surface area (TPSA) is 105 Å². The zero-order valence-corrected chi connectivity index (χ0v) is 16.7. The van der Waals surface area contributed by atoms with E-state index in [-0.39, 0.29) is 36.2 Å². The van der Waals surface area contributed by atoms with E-state index in [1.165, 1.54) is 10.4 Å². The molecule has 0 saturated heterocycles. The number of nitrogens with one attached hydrogen (secondary N) is 2. The molecule has 0 heterocycles. The van der Waals surface area contributed by atoms with Gasteiger partial charge in [0.25, 0.3) is 0 Å². The molecule has 1 rings (SSSR count). The fraction of sp³-hybridized carbons (Fsp3) is 0.562. The highest BCUT2D eigenvalue weighted by molar-refractivity contribution is 7.89. The third-order valence-electron chi connectivity index (χ3n) is 3.55. The summed E-state index contributed by atoms with van der Waals surface area (Å²) >= 11 is 0. The van der Waals surface area contributed by atoms with Crippen LogP contribution in [0.25, 0.3) is 0 Å². The Bertz CT molecular complexity index is 649. The molecule has 0 aliphatic rings. The van der Waals surface area contributed by atoms with Gasteiger partial charge in [0.15, 0.2) is 0 Å². The van der Waals surface area contributed by atoms with Gasteiger partial charge in [-0.05, 0) is 24.6 Å². The first-order chi connectivity index (χ1) is 11.4. The second kappa shape index (κ2) is 11.3. The number of hydrogen-bond donors (Lipinski definition) is 3. The summed E-state index contributed by atoms with van der Waals surface area (Å²) in [5.74, 6) is -0.241. The normalized spacial score (nSPS) is 11.1. The summed E-state index contributed by atoms with van der Waals surface area (Å²) in [4.78, 5) is 12.0. The van der Waals surface area contributed by atoms with Crippen LogP contribution in [0.1, 0.15) is 33.6 Å². The molecule has 0 fully saturated rings. The first kappa shape index (κ1) is 23.6. The number of benzene rings is 1. The van der Waals surface area contributed by atoms with Gasteiger partial charge < -0.3 is 16.4 Å². The van der Waals surface area contributed by atoms with Crippen LogP contribution in [0.3, 0.4) is 0 Å². The van der Waals surface area contributed by atoms with E-state index < -0.39 is 10.0 Å². The maximum Gasteiger partial charge on any atom is 0.243 e. The van der Waals surface area contributed by atoms with Crippen LogP contribution in [-0.2, 0) is 14.8 Å². The number of anilines is 2. The van der Waals surface area contributed by atoms with Gasteiger partial charge in [0.05, 0.1) is 16.3 Å². The van der Waals surface area contributed by atoms with Crippen molar-refractivity contribution in [3.8, 4) is 0 Å². The van der Waals surface area contributed by atoms with E-state index >= 15 is 0 Å². The van der Waals surface area contributed by atoms with Crippen molar-refractivity contribution in [2.75, 3.05) is 36.8 Å². The Kier molecular flexibility index (Phi) is 10.7. The molecule has 0 aromatic heterocycles. The van der Waals surface area contributed by atoms with Crippen LogP contribution in [0.15, 0.2) is 23.1 Å². The molecule has 0 bridgehead atoms. The molecule has 0 aliphatic heterocycles. The van der Waals surface area contributed by atoms with Crippen molar-refractivity contribution < 1.29 is 13.2 Å². The average Bonchev–Trinajstić information content (AvgIpc) is 2.54. The number of halogens is 1. The maximum atomic E-state index is 12.7. The minimum Gasteiger partial charge on any atom is -0.383 e. The van der Waals surface area contributed by atoms with Crippen LogP contribution in [-0.4, -0.2) is 44.8 Å². The first-order valence-electron chi connectivity index (χ1n) is 8.28. The van der Waals surface area contributed by atoms with Gasteiger partial charge in [-0.1, -0.05) is 20.8 Å². The monoisotopic (exact) mass is 392 g/mol. The summed E-state index contributed by atoms with van der Waals surface area (Å²) in [6, 6.07) is 4.74. The minimum absolute atomic E-state index is 0. The molecule has 4 N–H and O–H groups in total. The Morgan fingerprint density at radius 1 is 1.16 bits per heavy atom. The van der Waals surface area contributed by atoms with Crippen LogP contribution in [0.2, 0.25) is 0 Å². The lowest BCUT2D eigenvalue weighted by atomic mass is 10.2. The van der Waals surface area contributed by atoms with E-state index in [9.17, 15) is 13.2 Å². The third kappa shape index (κ3) is 6.47. The molecule has 0 atom stereocenters. The zero-order chi connectivity index (χ0) is 18.2. The third-order valence-corrected chi connectivity index (χ3v) is 5.59. The van der Waals surface area contributed by atoms with Gasteiger partial charge in [0.2, 0.25) is 15.9 Å². The molecule has 0 unspecified atom stereocenters. The Morgan fingerprint density at radius 2 is 1.80 bits per heavy atom. The van der Waals surface area contributed by atoms with Crippen molar-refractivity contribution in [1.82, 2.24) is 4.31 Å². The number of amides is 1. The van der Waals surface area contributed by atoms with Crippen LogP contribution in [0, 0.1) is 0 Å². The number of rotatable bonds is 10. The second-order valence-electron chi connectivity index (χ2n) is 5.31. The number of hydrogen-bond acceptors (Lipinski definition) is 5. The molecule has 144 valence electrons. The Balaban J connectivity index is 0.00000576. The minimum atomic E-state index is -3.58. The van der Waals surface area contributed by atoms with E-state index in [0.717, 1.165) is 13.0 Å². The van der Waals surface area contributed by atoms with Crippen LogP contribution in [0.4, 0.5) is 11.4 Å². The molecule has 0 spiro atoms. The Hall–Kier alpha value is -1.35. The fourth-order valence-corrected chi connectivity index (χ4v) is 3.74. The molecule has 9 heteroatoms. The molecular weight excluding hydrogens is 364 g/mol. The molecule has 25 heavy (non-hydrogen) atoms. The van der Waals surface area contributed by atoms with Crippen molar-refractivity contribution in [2.24, 2.45) is 5.73 Å². The van der Waals surface area contributed by atoms with Gasteiger partial charge in [0, 0.05) is 32.6 Å². The largest absolute Gasteiger partial charge is 0.383 e. The van der Waals surface area contributed by atoms with E-state index in [2.05, 4.69) is 10.6 Å². The first-order valence-corrected chi connectivity index (χ1v) is 9.72. The quantitative estimate of drug-likeness (QED) is 0.566. The summed E-state index contributed by atoms with van der Waals surface area (Å²) in [7, 11) is -3.58. The number of nitrogens with two attached hydrogens (primary N) is 1. The highest BCUT2D eigenvalue weighted by Crippen LogP contribution is 2.27. The highest BCUT2D eigenvalue weighted by Gasteiger charge is 2.23. The van der Waals surface area contributed by atoms with Crippen LogP contribution < -0.4 is 16.4 Å². The van der Waals surface area contributed by atoms with Gasteiger partial charge in [-0.3, -0.25) is 4.79 Å². The maximum absolute atomic E-state index is 12.7. The van der Waals surface area contributed by atoms with E-state index in [4.69, 9.17) is 5.73 Å². The SMILES string of the molecule is CCCNc1ccc(S(=O)(=O)N(CC)CC)cc1NC(=O)CCN.Cl. The second-order valence-corrected chi connectivity index (χ2v) is 7.25. The number of carbonyl (C=O) groups is 1. The summed E-state index contributed by atoms with van der Waals surface area (Å²) in [6.45, 7) is 7.36. The average molecular weight is 393 g/mol. The molecule has 1 amide bonds. The van der Waals surface area contributed by atoms with Crippen molar-refractivity contribution >= 4 is 39.7 Å².